The van der Waals surface area contributed by atoms with E-state index in [2.05, 4.69) is 25.6 Å². The Morgan fingerprint density at radius 2 is 2.00 bits per heavy atom. The van der Waals surface area contributed by atoms with Gasteiger partial charge in [-0.1, -0.05) is 12.1 Å². The predicted molar refractivity (Wildman–Crippen MR) is 86.3 cm³/mol. The molecule has 0 amide bonds. The molecule has 3 N–H and O–H groups in total. The smallest absolute Gasteiger partial charge is 0.231 e. The highest BCUT2D eigenvalue weighted by atomic mass is 16.3. The Hall–Kier alpha value is -2.67. The summed E-state index contributed by atoms with van der Waals surface area (Å²) in [7, 11) is 1.94. The molecule has 0 fully saturated rings. The number of aromatic nitrogens is 4. The summed E-state index contributed by atoms with van der Waals surface area (Å²) in [6.07, 6.45) is 0. The van der Waals surface area contributed by atoms with E-state index in [1.807, 2.05) is 48.9 Å². The molecule has 114 valence electrons. The Morgan fingerprint density at radius 3 is 2.77 bits per heavy atom. The average Bonchev–Trinajstić information content (AvgIpc) is 2.81. The van der Waals surface area contributed by atoms with E-state index in [0.29, 0.717) is 24.3 Å². The quantitative estimate of drug-likeness (QED) is 0.666. The van der Waals surface area contributed by atoms with Gasteiger partial charge < -0.3 is 15.0 Å². The van der Waals surface area contributed by atoms with Crippen molar-refractivity contribution in [1.29, 1.82) is 0 Å². The fourth-order valence-electron chi connectivity index (χ4n) is 2.26. The maximum Gasteiger partial charge on any atom is 0.231 e. The number of aryl methyl sites for hydroxylation is 2. The molecule has 0 bridgehead atoms. The van der Waals surface area contributed by atoms with Gasteiger partial charge in [-0.3, -0.25) is 5.32 Å². The zero-order valence-electron chi connectivity index (χ0n) is 12.5. The lowest BCUT2D eigenvalue weighted by molar-refractivity contribution is 0.311. The van der Waals surface area contributed by atoms with Crippen molar-refractivity contribution in [2.45, 2.75) is 6.92 Å². The van der Waals surface area contributed by atoms with Gasteiger partial charge in [-0.2, -0.15) is 4.98 Å². The highest BCUT2D eigenvalue weighted by Crippen LogP contribution is 2.20. The Labute approximate surface area is 128 Å². The van der Waals surface area contributed by atoms with Crippen LogP contribution in [0.15, 0.2) is 30.3 Å². The fourth-order valence-corrected chi connectivity index (χ4v) is 2.26. The maximum absolute atomic E-state index is 8.88. The van der Waals surface area contributed by atoms with Crippen molar-refractivity contribution in [1.82, 2.24) is 19.5 Å². The third-order valence-corrected chi connectivity index (χ3v) is 3.28. The second kappa shape index (κ2) is 5.98. The van der Waals surface area contributed by atoms with E-state index in [1.54, 1.807) is 0 Å². The number of para-hydroxylation sites is 2. The molecule has 0 aliphatic rings. The van der Waals surface area contributed by atoms with Gasteiger partial charge >= 0.3 is 0 Å². The van der Waals surface area contributed by atoms with Crippen LogP contribution in [0.2, 0.25) is 0 Å². The highest BCUT2D eigenvalue weighted by Gasteiger charge is 2.09. The lowest BCUT2D eigenvalue weighted by atomic mass is 10.3. The molecule has 7 heteroatoms. The van der Waals surface area contributed by atoms with Crippen LogP contribution < -0.4 is 10.6 Å². The van der Waals surface area contributed by atoms with Gasteiger partial charge in [-0.05, 0) is 19.1 Å². The van der Waals surface area contributed by atoms with Gasteiger partial charge in [0.25, 0.3) is 0 Å². The number of fused-ring (bicyclic) bond motifs is 1. The van der Waals surface area contributed by atoms with Crippen molar-refractivity contribution in [2.75, 3.05) is 23.8 Å². The fraction of sp³-hybridized carbons (Fsp3) is 0.267. The second-order valence-electron chi connectivity index (χ2n) is 4.98. The van der Waals surface area contributed by atoms with Gasteiger partial charge in [0.1, 0.15) is 5.82 Å². The van der Waals surface area contributed by atoms with Crippen LogP contribution in [0, 0.1) is 6.92 Å². The molecule has 2 aromatic heterocycles. The van der Waals surface area contributed by atoms with E-state index >= 15 is 0 Å². The standard InChI is InChI=1S/C15H18N6O/c1-10-9-13(16-7-8-22)19-14(17-10)20-15-18-11-5-3-4-6-12(11)21(15)2/h3-6,9,22H,7-8H2,1-2H3,(H2,16,17,18,19,20). The number of aliphatic hydroxyl groups is 1. The summed E-state index contributed by atoms with van der Waals surface area (Å²) in [5, 5.41) is 15.1. The highest BCUT2D eigenvalue weighted by molar-refractivity contribution is 5.79. The molecule has 1 aromatic carbocycles. The van der Waals surface area contributed by atoms with Crippen LogP contribution in [0.4, 0.5) is 17.7 Å². The van der Waals surface area contributed by atoms with E-state index in [4.69, 9.17) is 5.11 Å². The van der Waals surface area contributed by atoms with Crippen molar-refractivity contribution >= 4 is 28.7 Å². The first-order valence-corrected chi connectivity index (χ1v) is 7.06. The summed E-state index contributed by atoms with van der Waals surface area (Å²) >= 11 is 0. The summed E-state index contributed by atoms with van der Waals surface area (Å²) in [5.41, 5.74) is 2.78. The summed E-state index contributed by atoms with van der Waals surface area (Å²) in [5.74, 6) is 1.82. The van der Waals surface area contributed by atoms with Crippen LogP contribution in [-0.2, 0) is 7.05 Å². The molecule has 0 saturated heterocycles. The Morgan fingerprint density at radius 1 is 1.18 bits per heavy atom. The summed E-state index contributed by atoms with van der Waals surface area (Å²) in [4.78, 5) is 13.3. The lowest BCUT2D eigenvalue weighted by Gasteiger charge is -2.09. The van der Waals surface area contributed by atoms with Crippen molar-refractivity contribution in [3.8, 4) is 0 Å². The van der Waals surface area contributed by atoms with Crippen LogP contribution in [0.1, 0.15) is 5.69 Å². The Balaban J connectivity index is 1.91. The van der Waals surface area contributed by atoms with Crippen LogP contribution in [0.25, 0.3) is 11.0 Å². The van der Waals surface area contributed by atoms with Crippen molar-refractivity contribution < 1.29 is 5.11 Å². The van der Waals surface area contributed by atoms with Crippen LogP contribution >= 0.6 is 0 Å². The SMILES string of the molecule is Cc1cc(NCCO)nc(Nc2nc3ccccc3n2C)n1. The number of benzene rings is 1. The molecule has 0 spiro atoms. The zero-order valence-corrected chi connectivity index (χ0v) is 12.5. The summed E-state index contributed by atoms with van der Waals surface area (Å²) in [6.45, 7) is 2.39. The summed E-state index contributed by atoms with van der Waals surface area (Å²) < 4.78 is 1.96. The number of hydrogen-bond acceptors (Lipinski definition) is 6. The molecule has 0 aliphatic heterocycles. The minimum Gasteiger partial charge on any atom is -0.395 e. The minimum absolute atomic E-state index is 0.0522. The number of aliphatic hydroxyl groups excluding tert-OH is 1. The van der Waals surface area contributed by atoms with Gasteiger partial charge in [0.2, 0.25) is 11.9 Å². The molecule has 7 nitrogen and oxygen atoms in total. The first-order valence-electron chi connectivity index (χ1n) is 7.06. The Kier molecular flexibility index (Phi) is 3.88. The third kappa shape index (κ3) is 2.84. The van der Waals surface area contributed by atoms with Crippen molar-refractivity contribution in [3.05, 3.63) is 36.0 Å². The van der Waals surface area contributed by atoms with Gasteiger partial charge in [-0.25, -0.2) is 9.97 Å². The largest absolute Gasteiger partial charge is 0.395 e. The van der Waals surface area contributed by atoms with Crippen molar-refractivity contribution in [3.63, 3.8) is 0 Å². The normalized spacial score (nSPS) is 10.9. The molecule has 0 unspecified atom stereocenters. The number of hydrogen-bond donors (Lipinski definition) is 3. The minimum atomic E-state index is 0.0522. The second-order valence-corrected chi connectivity index (χ2v) is 4.98. The molecule has 22 heavy (non-hydrogen) atoms. The monoisotopic (exact) mass is 298 g/mol. The average molecular weight is 298 g/mol. The molecule has 3 aromatic rings. The van der Waals surface area contributed by atoms with Gasteiger partial charge in [0.15, 0.2) is 0 Å². The van der Waals surface area contributed by atoms with Crippen molar-refractivity contribution in [2.24, 2.45) is 7.05 Å². The van der Waals surface area contributed by atoms with E-state index in [-0.39, 0.29) is 6.61 Å². The molecule has 0 radical (unpaired) electrons. The predicted octanol–water partition coefficient (Wildman–Crippen LogP) is 1.82. The number of nitrogens with zero attached hydrogens (tertiary/aromatic N) is 4. The molecular weight excluding hydrogens is 280 g/mol. The topological polar surface area (TPSA) is 87.9 Å². The number of nitrogens with one attached hydrogen (secondary N) is 2. The molecule has 0 aliphatic carbocycles. The first kappa shape index (κ1) is 14.3. The number of anilines is 3. The van der Waals surface area contributed by atoms with E-state index in [1.165, 1.54) is 0 Å². The molecular formula is C15H18N6O. The van der Waals surface area contributed by atoms with E-state index in [0.717, 1.165) is 16.7 Å². The van der Waals surface area contributed by atoms with Crippen LogP contribution in [0.3, 0.4) is 0 Å². The first-order chi connectivity index (χ1) is 10.7. The van der Waals surface area contributed by atoms with Crippen LogP contribution in [0.5, 0.6) is 0 Å². The molecule has 0 saturated carbocycles. The van der Waals surface area contributed by atoms with Crippen LogP contribution in [-0.4, -0.2) is 37.8 Å². The maximum atomic E-state index is 8.88. The third-order valence-electron chi connectivity index (χ3n) is 3.28. The van der Waals surface area contributed by atoms with E-state index in [9.17, 15) is 0 Å². The van der Waals surface area contributed by atoms with E-state index < -0.39 is 0 Å². The lowest BCUT2D eigenvalue weighted by Crippen LogP contribution is -2.10. The van der Waals surface area contributed by atoms with Gasteiger partial charge in [0.05, 0.1) is 17.6 Å². The molecule has 2 heterocycles. The zero-order chi connectivity index (χ0) is 15.5. The van der Waals surface area contributed by atoms with Gasteiger partial charge in [0, 0.05) is 25.4 Å². The van der Waals surface area contributed by atoms with Gasteiger partial charge in [-0.15, -0.1) is 0 Å². The molecule has 0 atom stereocenters. The Bertz CT molecular complexity index is 798. The number of imidazole rings is 1. The molecule has 3 rings (SSSR count). The summed E-state index contributed by atoms with van der Waals surface area (Å²) in [6, 6.07) is 9.74. The number of rotatable bonds is 5.